The van der Waals surface area contributed by atoms with Crippen LogP contribution < -0.4 is 0 Å². The van der Waals surface area contributed by atoms with Crippen LogP contribution in [0, 0.1) is 13.8 Å². The van der Waals surface area contributed by atoms with Crippen LogP contribution in [-0.4, -0.2) is 34.1 Å². The van der Waals surface area contributed by atoms with Gasteiger partial charge in [-0.1, -0.05) is 24.3 Å². The first-order valence-electron chi connectivity index (χ1n) is 9.11. The number of pyridine rings is 1. The number of benzene rings is 1. The number of halogens is 3. The van der Waals surface area contributed by atoms with Crippen molar-refractivity contribution in [1.29, 1.82) is 0 Å². The molecular weight excluding hydrogens is 397 g/mol. The summed E-state index contributed by atoms with van der Waals surface area (Å²) < 4.78 is 44.0. The monoisotopic (exact) mass is 416 g/mol. The molecule has 156 valence electrons. The zero-order valence-electron chi connectivity index (χ0n) is 16.4. The number of fused-ring (bicyclic) bond motifs is 1. The minimum atomic E-state index is -4.40. The topological polar surface area (TPSA) is 61.2 Å². The summed E-state index contributed by atoms with van der Waals surface area (Å²) >= 11 is 0. The van der Waals surface area contributed by atoms with E-state index in [1.54, 1.807) is 6.07 Å². The molecule has 0 atom stereocenters. The van der Waals surface area contributed by atoms with E-state index < -0.39 is 31.1 Å². The minimum absolute atomic E-state index is 0.102. The molecule has 0 unspecified atom stereocenters. The van der Waals surface area contributed by atoms with Crippen LogP contribution in [0.4, 0.5) is 13.2 Å². The van der Waals surface area contributed by atoms with Crippen LogP contribution in [-0.2, 0) is 16.1 Å². The van der Waals surface area contributed by atoms with Crippen molar-refractivity contribution in [3.05, 3.63) is 71.2 Å². The van der Waals surface area contributed by atoms with E-state index in [-0.39, 0.29) is 11.3 Å². The SMILES string of the molecule is Cc1cc(C(=O)COC(=O)C=Cc2ccc3ccccc3n2)c(C)n1CC(F)(F)F. The van der Waals surface area contributed by atoms with Crippen LogP contribution in [0.25, 0.3) is 17.0 Å². The summed E-state index contributed by atoms with van der Waals surface area (Å²) in [6, 6.07) is 12.5. The zero-order chi connectivity index (χ0) is 21.9. The Morgan fingerprint density at radius 3 is 2.60 bits per heavy atom. The molecule has 5 nitrogen and oxygen atoms in total. The van der Waals surface area contributed by atoms with E-state index in [4.69, 9.17) is 4.74 Å². The highest BCUT2D eigenvalue weighted by atomic mass is 19.4. The lowest BCUT2D eigenvalue weighted by molar-refractivity contribution is -0.141. The van der Waals surface area contributed by atoms with Gasteiger partial charge in [0.05, 0.1) is 11.2 Å². The predicted molar refractivity (Wildman–Crippen MR) is 106 cm³/mol. The molecule has 0 aliphatic heterocycles. The maximum absolute atomic E-state index is 12.7. The third kappa shape index (κ3) is 5.14. The fourth-order valence-electron chi connectivity index (χ4n) is 3.10. The molecule has 30 heavy (non-hydrogen) atoms. The average Bonchev–Trinajstić information content (AvgIpc) is 2.97. The van der Waals surface area contributed by atoms with Gasteiger partial charge in [-0.05, 0) is 38.1 Å². The quantitative estimate of drug-likeness (QED) is 0.333. The number of aromatic nitrogens is 2. The molecule has 0 amide bonds. The molecular formula is C22H19F3N2O3. The molecule has 8 heteroatoms. The maximum Gasteiger partial charge on any atom is 0.406 e. The van der Waals surface area contributed by atoms with Gasteiger partial charge in [-0.15, -0.1) is 0 Å². The van der Waals surface area contributed by atoms with Gasteiger partial charge in [0, 0.05) is 28.4 Å². The molecule has 0 fully saturated rings. The molecule has 0 aliphatic carbocycles. The molecule has 2 heterocycles. The number of hydrogen-bond donors (Lipinski definition) is 0. The lowest BCUT2D eigenvalue weighted by Crippen LogP contribution is -2.20. The van der Waals surface area contributed by atoms with Crippen molar-refractivity contribution in [2.75, 3.05) is 6.61 Å². The summed E-state index contributed by atoms with van der Waals surface area (Å²) in [5, 5.41) is 0.964. The molecule has 3 aromatic rings. The standard InChI is InChI=1S/C22H19F3N2O3/c1-14-11-18(15(2)27(14)13-22(23,24)25)20(28)12-30-21(29)10-9-17-8-7-16-5-3-4-6-19(16)26-17/h3-11H,12-13H2,1-2H3. The molecule has 1 aromatic carbocycles. The number of alkyl halides is 3. The van der Waals surface area contributed by atoms with Crippen molar-refractivity contribution in [1.82, 2.24) is 9.55 Å². The molecule has 0 N–H and O–H groups in total. The van der Waals surface area contributed by atoms with Crippen LogP contribution in [0.1, 0.15) is 27.4 Å². The molecule has 0 radical (unpaired) electrons. The predicted octanol–water partition coefficient (Wildman–Crippen LogP) is 4.65. The van der Waals surface area contributed by atoms with Crippen molar-refractivity contribution in [3.63, 3.8) is 0 Å². The Balaban J connectivity index is 1.62. The number of Topliss-reactive ketones (excluding diaryl/α,β-unsaturated/α-hetero) is 1. The van der Waals surface area contributed by atoms with Crippen LogP contribution in [0.15, 0.2) is 48.5 Å². The van der Waals surface area contributed by atoms with Gasteiger partial charge in [-0.25, -0.2) is 9.78 Å². The fourth-order valence-corrected chi connectivity index (χ4v) is 3.10. The number of esters is 1. The largest absolute Gasteiger partial charge is 0.454 e. The summed E-state index contributed by atoms with van der Waals surface area (Å²) in [6.07, 6.45) is -1.78. The first-order chi connectivity index (χ1) is 14.1. The number of nitrogens with zero attached hydrogens (tertiary/aromatic N) is 2. The molecule has 0 bridgehead atoms. The Hall–Kier alpha value is -3.42. The van der Waals surface area contributed by atoms with Crippen molar-refractivity contribution in [3.8, 4) is 0 Å². The van der Waals surface area contributed by atoms with E-state index in [0.717, 1.165) is 21.5 Å². The number of carbonyl (C=O) groups excluding carboxylic acids is 2. The van der Waals surface area contributed by atoms with Gasteiger partial charge >= 0.3 is 12.1 Å². The third-order valence-corrected chi connectivity index (χ3v) is 4.57. The Labute approximate surface area is 170 Å². The summed E-state index contributed by atoms with van der Waals surface area (Å²) in [6.45, 7) is 1.17. The first kappa shape index (κ1) is 21.3. The second kappa shape index (κ2) is 8.52. The maximum atomic E-state index is 12.7. The molecule has 0 aliphatic rings. The Morgan fingerprint density at radius 2 is 1.87 bits per heavy atom. The number of ketones is 1. The lowest BCUT2D eigenvalue weighted by Gasteiger charge is -2.12. The highest BCUT2D eigenvalue weighted by molar-refractivity contribution is 6.00. The molecule has 0 spiro atoms. The van der Waals surface area contributed by atoms with E-state index >= 15 is 0 Å². The Bertz CT molecular complexity index is 1130. The van der Waals surface area contributed by atoms with Gasteiger partial charge in [-0.3, -0.25) is 4.79 Å². The van der Waals surface area contributed by atoms with E-state index in [1.807, 2.05) is 30.3 Å². The van der Waals surface area contributed by atoms with Gasteiger partial charge in [0.25, 0.3) is 0 Å². The Kier molecular flexibility index (Phi) is 6.05. The minimum Gasteiger partial charge on any atom is -0.454 e. The van der Waals surface area contributed by atoms with Gasteiger partial charge in [0.2, 0.25) is 5.78 Å². The van der Waals surface area contributed by atoms with Crippen molar-refractivity contribution < 1.29 is 27.5 Å². The zero-order valence-corrected chi connectivity index (χ0v) is 16.4. The molecule has 2 aromatic heterocycles. The number of carbonyl (C=O) groups is 2. The smallest absolute Gasteiger partial charge is 0.406 e. The van der Waals surface area contributed by atoms with Crippen LogP contribution in [0.3, 0.4) is 0 Å². The summed E-state index contributed by atoms with van der Waals surface area (Å²) in [4.78, 5) is 28.6. The van der Waals surface area contributed by atoms with Crippen LogP contribution in [0.5, 0.6) is 0 Å². The van der Waals surface area contributed by atoms with Crippen molar-refractivity contribution >= 4 is 28.7 Å². The number of aryl methyl sites for hydroxylation is 1. The molecule has 0 saturated heterocycles. The van der Waals surface area contributed by atoms with E-state index in [1.165, 1.54) is 26.0 Å². The first-order valence-corrected chi connectivity index (χ1v) is 9.11. The third-order valence-electron chi connectivity index (χ3n) is 4.57. The Morgan fingerprint density at radius 1 is 1.13 bits per heavy atom. The second-order valence-electron chi connectivity index (χ2n) is 6.78. The molecule has 3 rings (SSSR count). The van der Waals surface area contributed by atoms with E-state index in [0.29, 0.717) is 11.4 Å². The van der Waals surface area contributed by atoms with E-state index in [2.05, 4.69) is 4.98 Å². The molecule has 0 saturated carbocycles. The lowest BCUT2D eigenvalue weighted by atomic mass is 10.1. The fraction of sp³-hybridized carbons (Fsp3) is 0.227. The highest BCUT2D eigenvalue weighted by Crippen LogP contribution is 2.23. The van der Waals surface area contributed by atoms with Crippen LogP contribution in [0.2, 0.25) is 0 Å². The average molecular weight is 416 g/mol. The van der Waals surface area contributed by atoms with Gasteiger partial charge < -0.3 is 9.30 Å². The second-order valence-corrected chi connectivity index (χ2v) is 6.78. The summed E-state index contributed by atoms with van der Waals surface area (Å²) in [5.41, 5.74) is 1.92. The number of para-hydroxylation sites is 1. The number of hydrogen-bond acceptors (Lipinski definition) is 4. The van der Waals surface area contributed by atoms with Crippen molar-refractivity contribution in [2.45, 2.75) is 26.6 Å². The normalized spacial score (nSPS) is 11.9. The summed E-state index contributed by atoms with van der Waals surface area (Å²) in [7, 11) is 0. The van der Waals surface area contributed by atoms with Gasteiger partial charge in [0.15, 0.2) is 6.61 Å². The number of rotatable bonds is 6. The van der Waals surface area contributed by atoms with E-state index in [9.17, 15) is 22.8 Å². The van der Waals surface area contributed by atoms with Gasteiger partial charge in [0.1, 0.15) is 6.54 Å². The highest BCUT2D eigenvalue weighted by Gasteiger charge is 2.30. The number of ether oxygens (including phenoxy) is 1. The van der Waals surface area contributed by atoms with Gasteiger partial charge in [-0.2, -0.15) is 13.2 Å². The summed E-state index contributed by atoms with van der Waals surface area (Å²) in [5.74, 6) is -1.32. The van der Waals surface area contributed by atoms with Crippen molar-refractivity contribution in [2.24, 2.45) is 0 Å². The van der Waals surface area contributed by atoms with Crippen LogP contribution >= 0.6 is 0 Å².